The van der Waals surface area contributed by atoms with E-state index in [2.05, 4.69) is 15.6 Å². The molecule has 0 unspecified atom stereocenters. The van der Waals surface area contributed by atoms with Crippen molar-refractivity contribution in [1.82, 2.24) is 4.98 Å². The van der Waals surface area contributed by atoms with E-state index in [1.807, 2.05) is 13.8 Å². The number of carbonyl (C=O) groups excluding carboxylic acids is 1. The summed E-state index contributed by atoms with van der Waals surface area (Å²) in [4.78, 5) is 16.6. The molecule has 110 valence electrons. The lowest BCUT2D eigenvalue weighted by molar-refractivity contribution is 0.102. The zero-order chi connectivity index (χ0) is 15.4. The number of carbonyl (C=O) groups is 1. The minimum absolute atomic E-state index is 0.224. The van der Waals surface area contributed by atoms with Crippen LogP contribution in [0.4, 0.5) is 11.5 Å². The second-order valence-corrected chi connectivity index (χ2v) is 5.31. The zero-order valence-electron chi connectivity index (χ0n) is 11.7. The summed E-state index contributed by atoms with van der Waals surface area (Å²) in [6.07, 6.45) is 0. The van der Waals surface area contributed by atoms with Gasteiger partial charge in [-0.3, -0.25) is 4.79 Å². The number of halogens is 2. The molecule has 0 bridgehead atoms. The third-order valence-electron chi connectivity index (χ3n) is 2.75. The first-order chi connectivity index (χ1) is 9.99. The topological polar surface area (TPSA) is 54.0 Å². The van der Waals surface area contributed by atoms with E-state index >= 15 is 0 Å². The van der Waals surface area contributed by atoms with Crippen molar-refractivity contribution >= 4 is 40.6 Å². The fourth-order valence-corrected chi connectivity index (χ4v) is 2.15. The lowest BCUT2D eigenvalue weighted by Crippen LogP contribution is -2.13. The molecule has 2 aromatic rings. The minimum atomic E-state index is -0.224. The Hall–Kier alpha value is -1.78. The number of rotatable bonds is 4. The molecule has 1 aromatic heterocycles. The van der Waals surface area contributed by atoms with Crippen molar-refractivity contribution < 1.29 is 4.79 Å². The van der Waals surface area contributed by atoms with E-state index in [0.29, 0.717) is 27.1 Å². The highest BCUT2D eigenvalue weighted by atomic mass is 35.5. The molecule has 0 aliphatic heterocycles. The lowest BCUT2D eigenvalue weighted by Gasteiger charge is -2.09. The van der Waals surface area contributed by atoms with Crippen molar-refractivity contribution in [3.8, 4) is 0 Å². The fourth-order valence-electron chi connectivity index (χ4n) is 1.85. The maximum atomic E-state index is 12.3. The lowest BCUT2D eigenvalue weighted by atomic mass is 10.2. The third-order valence-corrected chi connectivity index (χ3v) is 3.49. The monoisotopic (exact) mass is 323 g/mol. The van der Waals surface area contributed by atoms with Crippen molar-refractivity contribution in [2.24, 2.45) is 0 Å². The van der Waals surface area contributed by atoms with Crippen molar-refractivity contribution in [3.05, 3.63) is 51.6 Å². The number of aryl methyl sites for hydroxylation is 1. The molecule has 4 nitrogen and oxygen atoms in total. The summed E-state index contributed by atoms with van der Waals surface area (Å²) in [5.74, 6) is 0.454. The van der Waals surface area contributed by atoms with Gasteiger partial charge in [-0.1, -0.05) is 23.2 Å². The summed E-state index contributed by atoms with van der Waals surface area (Å²) in [6.45, 7) is 4.56. The van der Waals surface area contributed by atoms with E-state index in [9.17, 15) is 4.79 Å². The molecule has 21 heavy (non-hydrogen) atoms. The quantitative estimate of drug-likeness (QED) is 0.877. The molecule has 0 saturated heterocycles. The third kappa shape index (κ3) is 4.09. The van der Waals surface area contributed by atoms with Crippen LogP contribution in [0.1, 0.15) is 23.0 Å². The van der Waals surface area contributed by atoms with Gasteiger partial charge in [-0.2, -0.15) is 0 Å². The Morgan fingerprint density at radius 2 is 1.95 bits per heavy atom. The number of nitrogens with zero attached hydrogens (tertiary/aromatic N) is 1. The SMILES string of the molecule is CCNc1cc(C(=O)Nc2ccc(Cl)c(Cl)c2)cc(C)n1. The van der Waals surface area contributed by atoms with Gasteiger partial charge in [-0.15, -0.1) is 0 Å². The van der Waals surface area contributed by atoms with Crippen molar-refractivity contribution in [1.29, 1.82) is 0 Å². The van der Waals surface area contributed by atoms with Gasteiger partial charge in [-0.25, -0.2) is 4.98 Å². The number of pyridine rings is 1. The van der Waals surface area contributed by atoms with Gasteiger partial charge in [0.05, 0.1) is 10.0 Å². The van der Waals surface area contributed by atoms with E-state index in [4.69, 9.17) is 23.2 Å². The molecule has 2 N–H and O–H groups in total. The van der Waals surface area contributed by atoms with Gasteiger partial charge in [0.2, 0.25) is 0 Å². The number of hydrogen-bond acceptors (Lipinski definition) is 3. The van der Waals surface area contributed by atoms with Crippen molar-refractivity contribution in [2.75, 3.05) is 17.2 Å². The molecule has 1 heterocycles. The maximum absolute atomic E-state index is 12.3. The van der Waals surface area contributed by atoms with Crippen LogP contribution >= 0.6 is 23.2 Å². The average Bonchev–Trinajstić information content (AvgIpc) is 2.42. The number of hydrogen-bond donors (Lipinski definition) is 2. The molecule has 0 aliphatic carbocycles. The largest absolute Gasteiger partial charge is 0.370 e. The Morgan fingerprint density at radius 3 is 2.62 bits per heavy atom. The summed E-state index contributed by atoms with van der Waals surface area (Å²) in [5, 5.41) is 6.72. The van der Waals surface area contributed by atoms with Gasteiger partial charge in [-0.05, 0) is 44.2 Å². The molecular formula is C15H15Cl2N3O. The first kappa shape index (κ1) is 15.6. The summed E-state index contributed by atoms with van der Waals surface area (Å²) in [6, 6.07) is 8.39. The number of anilines is 2. The zero-order valence-corrected chi connectivity index (χ0v) is 13.2. The molecule has 0 aliphatic rings. The van der Waals surface area contributed by atoms with Gasteiger partial charge in [0.15, 0.2) is 0 Å². The van der Waals surface area contributed by atoms with Crippen LogP contribution in [-0.2, 0) is 0 Å². The van der Waals surface area contributed by atoms with Gasteiger partial charge in [0, 0.05) is 23.5 Å². The van der Waals surface area contributed by atoms with Crippen LogP contribution in [0.15, 0.2) is 30.3 Å². The highest BCUT2D eigenvalue weighted by Crippen LogP contribution is 2.25. The van der Waals surface area contributed by atoms with E-state index < -0.39 is 0 Å². The molecule has 0 fully saturated rings. The van der Waals surface area contributed by atoms with Crippen LogP contribution < -0.4 is 10.6 Å². The first-order valence-electron chi connectivity index (χ1n) is 6.48. The Bertz CT molecular complexity index is 674. The standard InChI is InChI=1S/C15H15Cl2N3O/c1-3-18-14-7-10(6-9(2)19-14)15(21)20-11-4-5-12(16)13(17)8-11/h4-8H,3H2,1-2H3,(H,18,19)(H,20,21). The van der Waals surface area contributed by atoms with Crippen LogP contribution in [0, 0.1) is 6.92 Å². The Kier molecular flexibility index (Phi) is 5.04. The van der Waals surface area contributed by atoms with E-state index in [1.165, 1.54) is 0 Å². The van der Waals surface area contributed by atoms with Gasteiger partial charge < -0.3 is 10.6 Å². The normalized spacial score (nSPS) is 10.3. The summed E-state index contributed by atoms with van der Waals surface area (Å²) < 4.78 is 0. The van der Waals surface area contributed by atoms with Crippen LogP contribution in [0.2, 0.25) is 10.0 Å². The second kappa shape index (κ2) is 6.78. The number of benzene rings is 1. The fraction of sp³-hybridized carbons (Fsp3) is 0.200. The van der Waals surface area contributed by atoms with Crippen LogP contribution in [0.5, 0.6) is 0 Å². The minimum Gasteiger partial charge on any atom is -0.370 e. The Labute approximate surface area is 133 Å². The predicted molar refractivity (Wildman–Crippen MR) is 87.6 cm³/mol. The van der Waals surface area contributed by atoms with E-state index in [0.717, 1.165) is 12.2 Å². The molecule has 1 aromatic carbocycles. The summed E-state index contributed by atoms with van der Waals surface area (Å²) >= 11 is 11.8. The first-order valence-corrected chi connectivity index (χ1v) is 7.24. The number of amides is 1. The van der Waals surface area contributed by atoms with Crippen LogP contribution in [-0.4, -0.2) is 17.4 Å². The Morgan fingerprint density at radius 1 is 1.19 bits per heavy atom. The molecule has 0 spiro atoms. The Balaban J connectivity index is 2.21. The van der Waals surface area contributed by atoms with Crippen LogP contribution in [0.25, 0.3) is 0 Å². The van der Waals surface area contributed by atoms with Crippen molar-refractivity contribution in [3.63, 3.8) is 0 Å². The molecule has 0 radical (unpaired) electrons. The van der Waals surface area contributed by atoms with E-state index in [1.54, 1.807) is 30.3 Å². The second-order valence-electron chi connectivity index (χ2n) is 4.50. The highest BCUT2D eigenvalue weighted by molar-refractivity contribution is 6.42. The van der Waals surface area contributed by atoms with Crippen LogP contribution in [0.3, 0.4) is 0 Å². The number of nitrogens with one attached hydrogen (secondary N) is 2. The summed E-state index contributed by atoms with van der Waals surface area (Å²) in [7, 11) is 0. The smallest absolute Gasteiger partial charge is 0.255 e. The molecule has 6 heteroatoms. The van der Waals surface area contributed by atoms with E-state index in [-0.39, 0.29) is 5.91 Å². The van der Waals surface area contributed by atoms with Gasteiger partial charge in [0.1, 0.15) is 5.82 Å². The highest BCUT2D eigenvalue weighted by Gasteiger charge is 2.10. The van der Waals surface area contributed by atoms with Gasteiger partial charge >= 0.3 is 0 Å². The molecule has 0 atom stereocenters. The predicted octanol–water partition coefficient (Wildman–Crippen LogP) is 4.38. The molecule has 2 rings (SSSR count). The molecular weight excluding hydrogens is 309 g/mol. The maximum Gasteiger partial charge on any atom is 0.255 e. The van der Waals surface area contributed by atoms with Crippen molar-refractivity contribution in [2.45, 2.75) is 13.8 Å². The summed E-state index contributed by atoms with van der Waals surface area (Å²) in [5.41, 5.74) is 1.89. The number of aromatic nitrogens is 1. The van der Waals surface area contributed by atoms with Gasteiger partial charge in [0.25, 0.3) is 5.91 Å². The molecule has 0 saturated carbocycles. The molecule has 1 amide bonds. The average molecular weight is 324 g/mol.